The van der Waals surface area contributed by atoms with Crippen molar-refractivity contribution in [3.63, 3.8) is 0 Å². The van der Waals surface area contributed by atoms with Gasteiger partial charge in [0.25, 0.3) is 10.0 Å². The van der Waals surface area contributed by atoms with Gasteiger partial charge in [-0.2, -0.15) is 0 Å². The first-order valence-electron chi connectivity index (χ1n) is 4.75. The van der Waals surface area contributed by atoms with Crippen LogP contribution in [0, 0.1) is 5.82 Å². The van der Waals surface area contributed by atoms with Gasteiger partial charge in [-0.1, -0.05) is 6.92 Å². The summed E-state index contributed by atoms with van der Waals surface area (Å²) in [7, 11) is -3.99. The lowest BCUT2D eigenvalue weighted by Gasteiger charge is -2.09. The second-order valence-electron chi connectivity index (χ2n) is 3.20. The Hall–Kier alpha value is -1.05. The molecule has 0 aliphatic heterocycles. The molecule has 0 spiro atoms. The molecule has 1 aromatic rings. The maximum Gasteiger partial charge on any atom is 0.261 e. The second kappa shape index (κ2) is 5.33. The number of rotatable bonds is 5. The van der Waals surface area contributed by atoms with Crippen LogP contribution < -0.4 is 4.72 Å². The quantitative estimate of drug-likeness (QED) is 0.784. The molecule has 0 saturated carbocycles. The molecule has 1 rings (SSSR count). The summed E-state index contributed by atoms with van der Waals surface area (Å²) in [6.45, 7) is 1.55. The summed E-state index contributed by atoms with van der Waals surface area (Å²) in [6.07, 6.45) is 0.808. The van der Waals surface area contributed by atoms with Gasteiger partial charge in [0.2, 0.25) is 5.03 Å². The fraction of sp³-hybridized carbons (Fsp3) is 0.444. The molecule has 5 nitrogen and oxygen atoms in total. The molecule has 1 heterocycles. The molecule has 0 aliphatic rings. The van der Waals surface area contributed by atoms with Gasteiger partial charge in [0, 0.05) is 12.7 Å². The van der Waals surface area contributed by atoms with Gasteiger partial charge in [-0.15, -0.1) is 0 Å². The first-order chi connectivity index (χ1) is 7.47. The molecule has 0 radical (unpaired) electrons. The predicted molar refractivity (Wildman–Crippen MR) is 55.7 cm³/mol. The molecule has 16 heavy (non-hydrogen) atoms. The molecule has 0 aliphatic carbocycles. The topological polar surface area (TPSA) is 79.3 Å². The van der Waals surface area contributed by atoms with Crippen molar-refractivity contribution < 1.29 is 17.9 Å². The summed E-state index contributed by atoms with van der Waals surface area (Å²) in [5.74, 6) is -0.916. The van der Waals surface area contributed by atoms with E-state index in [4.69, 9.17) is 0 Å². The monoisotopic (exact) mass is 248 g/mol. The standard InChI is InChI=1S/C9H13FN2O3S/c1-2-7(13)6-12-16(14,15)9-8(10)4-3-5-11-9/h3-5,7,12-13H,2,6H2,1H3/t7-/m1/s1. The van der Waals surface area contributed by atoms with E-state index in [0.29, 0.717) is 6.42 Å². The molecule has 7 heteroatoms. The van der Waals surface area contributed by atoms with Crippen molar-refractivity contribution in [3.8, 4) is 0 Å². The number of sulfonamides is 1. The molecule has 90 valence electrons. The van der Waals surface area contributed by atoms with Gasteiger partial charge in [0.05, 0.1) is 6.10 Å². The molecule has 0 aromatic carbocycles. The first kappa shape index (κ1) is 13.0. The molecule has 1 atom stereocenters. The highest BCUT2D eigenvalue weighted by Gasteiger charge is 2.20. The van der Waals surface area contributed by atoms with Crippen molar-refractivity contribution in [1.82, 2.24) is 9.71 Å². The van der Waals surface area contributed by atoms with E-state index in [9.17, 15) is 17.9 Å². The Kier molecular flexibility index (Phi) is 4.34. The second-order valence-corrected chi connectivity index (χ2v) is 4.89. The van der Waals surface area contributed by atoms with Crippen molar-refractivity contribution >= 4 is 10.0 Å². The van der Waals surface area contributed by atoms with Crippen LogP contribution in [0.15, 0.2) is 23.4 Å². The molecule has 0 unspecified atom stereocenters. The Bertz CT molecular complexity index is 450. The summed E-state index contributed by atoms with van der Waals surface area (Å²) in [6, 6.07) is 2.31. The van der Waals surface area contributed by atoms with Crippen LogP contribution >= 0.6 is 0 Å². The zero-order valence-corrected chi connectivity index (χ0v) is 9.54. The van der Waals surface area contributed by atoms with Crippen molar-refractivity contribution in [3.05, 3.63) is 24.1 Å². The van der Waals surface area contributed by atoms with E-state index >= 15 is 0 Å². The number of aliphatic hydroxyl groups excluding tert-OH is 1. The highest BCUT2D eigenvalue weighted by Crippen LogP contribution is 2.09. The highest BCUT2D eigenvalue weighted by molar-refractivity contribution is 7.89. The van der Waals surface area contributed by atoms with E-state index in [-0.39, 0.29) is 6.54 Å². The Morgan fingerprint density at radius 2 is 2.31 bits per heavy atom. The number of hydrogen-bond donors (Lipinski definition) is 2. The maximum atomic E-state index is 13.1. The summed E-state index contributed by atoms with van der Waals surface area (Å²) in [5, 5.41) is 8.54. The van der Waals surface area contributed by atoms with E-state index in [2.05, 4.69) is 9.71 Å². The molecule has 0 fully saturated rings. The van der Waals surface area contributed by atoms with Crippen LogP contribution in [0.25, 0.3) is 0 Å². The fourth-order valence-electron chi connectivity index (χ4n) is 0.988. The normalized spacial score (nSPS) is 13.7. The van der Waals surface area contributed by atoms with Gasteiger partial charge in [-0.05, 0) is 18.6 Å². The van der Waals surface area contributed by atoms with Crippen LogP contribution in [0.5, 0.6) is 0 Å². The van der Waals surface area contributed by atoms with Gasteiger partial charge in [0.1, 0.15) is 0 Å². The number of aromatic nitrogens is 1. The highest BCUT2D eigenvalue weighted by atomic mass is 32.2. The summed E-state index contributed by atoms with van der Waals surface area (Å²) < 4.78 is 38.3. The minimum absolute atomic E-state index is 0.158. The number of hydrogen-bond acceptors (Lipinski definition) is 4. The largest absolute Gasteiger partial charge is 0.392 e. The average molecular weight is 248 g/mol. The van der Waals surface area contributed by atoms with Gasteiger partial charge in [-0.25, -0.2) is 22.5 Å². The lowest BCUT2D eigenvalue weighted by atomic mass is 10.3. The molecule has 0 bridgehead atoms. The summed E-state index contributed by atoms with van der Waals surface area (Å²) in [4.78, 5) is 3.45. The van der Waals surface area contributed by atoms with Crippen LogP contribution in [0.2, 0.25) is 0 Å². The lowest BCUT2D eigenvalue weighted by molar-refractivity contribution is 0.174. The fourth-order valence-corrected chi connectivity index (χ4v) is 2.06. The zero-order chi connectivity index (χ0) is 12.2. The minimum atomic E-state index is -3.99. The molecule has 0 amide bonds. The molecule has 1 aromatic heterocycles. The van der Waals surface area contributed by atoms with E-state index in [1.165, 1.54) is 12.3 Å². The number of nitrogens with zero attached hydrogens (tertiary/aromatic N) is 1. The van der Waals surface area contributed by atoms with Crippen LogP contribution in [0.4, 0.5) is 4.39 Å². The summed E-state index contributed by atoms with van der Waals surface area (Å²) >= 11 is 0. The molecule has 2 N–H and O–H groups in total. The van der Waals surface area contributed by atoms with Crippen molar-refractivity contribution in [2.24, 2.45) is 0 Å². The Balaban J connectivity index is 2.83. The minimum Gasteiger partial charge on any atom is -0.392 e. The third-order valence-electron chi connectivity index (χ3n) is 1.96. The van der Waals surface area contributed by atoms with Crippen LogP contribution in [0.3, 0.4) is 0 Å². The number of nitrogens with one attached hydrogen (secondary N) is 1. The SMILES string of the molecule is CC[C@@H](O)CNS(=O)(=O)c1ncccc1F. The van der Waals surface area contributed by atoms with Crippen molar-refractivity contribution in [2.45, 2.75) is 24.5 Å². The smallest absolute Gasteiger partial charge is 0.261 e. The Morgan fingerprint density at radius 3 is 2.88 bits per heavy atom. The van der Waals surface area contributed by atoms with E-state index in [1.807, 2.05) is 0 Å². The van der Waals surface area contributed by atoms with E-state index in [1.54, 1.807) is 6.92 Å². The van der Waals surface area contributed by atoms with Crippen LogP contribution in [-0.4, -0.2) is 31.2 Å². The number of halogens is 1. The predicted octanol–water partition coefficient (Wildman–Crippen LogP) is 0.270. The van der Waals surface area contributed by atoms with Crippen molar-refractivity contribution in [2.75, 3.05) is 6.54 Å². The van der Waals surface area contributed by atoms with Crippen molar-refractivity contribution in [1.29, 1.82) is 0 Å². The van der Waals surface area contributed by atoms with Gasteiger partial charge >= 0.3 is 0 Å². The average Bonchev–Trinajstić information content (AvgIpc) is 2.26. The van der Waals surface area contributed by atoms with Crippen LogP contribution in [-0.2, 0) is 10.0 Å². The zero-order valence-electron chi connectivity index (χ0n) is 8.72. The summed E-state index contributed by atoms with van der Waals surface area (Å²) in [5.41, 5.74) is 0. The Morgan fingerprint density at radius 1 is 1.62 bits per heavy atom. The third-order valence-corrected chi connectivity index (χ3v) is 3.32. The maximum absolute atomic E-state index is 13.1. The van der Waals surface area contributed by atoms with Crippen LogP contribution in [0.1, 0.15) is 13.3 Å². The van der Waals surface area contributed by atoms with Gasteiger partial charge < -0.3 is 5.11 Å². The van der Waals surface area contributed by atoms with E-state index < -0.39 is 27.0 Å². The molecular formula is C9H13FN2O3S. The third kappa shape index (κ3) is 3.22. The first-order valence-corrected chi connectivity index (χ1v) is 6.24. The van der Waals surface area contributed by atoms with Gasteiger partial charge in [-0.3, -0.25) is 0 Å². The molecule has 0 saturated heterocycles. The number of aliphatic hydroxyl groups is 1. The van der Waals surface area contributed by atoms with Gasteiger partial charge in [0.15, 0.2) is 5.82 Å². The van der Waals surface area contributed by atoms with E-state index in [0.717, 1.165) is 6.07 Å². The molecular weight excluding hydrogens is 235 g/mol. The Labute approximate surface area is 93.4 Å². The lowest BCUT2D eigenvalue weighted by Crippen LogP contribution is -2.32. The number of pyridine rings is 1.